The van der Waals surface area contributed by atoms with Crippen molar-refractivity contribution in [2.24, 2.45) is 5.73 Å². The number of aryl methyl sites for hydroxylation is 2. The SMILES string of the molecule is Cc1ccc(-c2noc(CN)n2)cc1NC(=O)c1cnc2cc(CCC(=O)O)ccn12. The number of anilines is 1. The number of rotatable bonds is 7. The van der Waals surface area contributed by atoms with Crippen LogP contribution in [0.1, 0.15) is 33.9 Å². The third-order valence-electron chi connectivity index (χ3n) is 4.82. The molecule has 10 heteroatoms. The van der Waals surface area contributed by atoms with E-state index in [9.17, 15) is 9.59 Å². The number of nitrogens with one attached hydrogen (secondary N) is 1. The van der Waals surface area contributed by atoms with Crippen LogP contribution in [0.25, 0.3) is 17.0 Å². The molecule has 10 nitrogen and oxygen atoms in total. The number of carbonyl (C=O) groups excluding carboxylic acids is 1. The first-order valence-electron chi connectivity index (χ1n) is 9.57. The number of fused-ring (bicyclic) bond motifs is 1. The average molecular weight is 420 g/mol. The van der Waals surface area contributed by atoms with Crippen LogP contribution >= 0.6 is 0 Å². The van der Waals surface area contributed by atoms with Gasteiger partial charge in [0.05, 0.1) is 12.7 Å². The third kappa shape index (κ3) is 4.28. The van der Waals surface area contributed by atoms with Crippen LogP contribution in [-0.2, 0) is 17.8 Å². The van der Waals surface area contributed by atoms with Gasteiger partial charge in [-0.15, -0.1) is 0 Å². The minimum atomic E-state index is -0.860. The lowest BCUT2D eigenvalue weighted by Crippen LogP contribution is -2.15. The summed E-state index contributed by atoms with van der Waals surface area (Å²) in [6.07, 6.45) is 3.63. The van der Waals surface area contributed by atoms with Crippen molar-refractivity contribution < 1.29 is 19.2 Å². The molecule has 3 aromatic heterocycles. The Bertz CT molecular complexity index is 1280. The zero-order chi connectivity index (χ0) is 22.0. The molecule has 4 rings (SSSR count). The Balaban J connectivity index is 1.57. The van der Waals surface area contributed by atoms with E-state index in [-0.39, 0.29) is 18.9 Å². The number of benzene rings is 1. The van der Waals surface area contributed by atoms with Crippen LogP contribution in [0.2, 0.25) is 0 Å². The number of nitrogens with zero attached hydrogens (tertiary/aromatic N) is 4. The first kappa shape index (κ1) is 20.2. The largest absolute Gasteiger partial charge is 0.481 e. The minimum absolute atomic E-state index is 0.0347. The zero-order valence-corrected chi connectivity index (χ0v) is 16.7. The molecule has 4 aromatic rings. The van der Waals surface area contributed by atoms with E-state index in [0.29, 0.717) is 40.7 Å². The van der Waals surface area contributed by atoms with Crippen molar-refractivity contribution in [1.29, 1.82) is 0 Å². The first-order chi connectivity index (χ1) is 14.9. The number of aromatic nitrogens is 4. The van der Waals surface area contributed by atoms with Crippen molar-refractivity contribution >= 4 is 23.2 Å². The van der Waals surface area contributed by atoms with Crippen molar-refractivity contribution in [2.45, 2.75) is 26.3 Å². The smallest absolute Gasteiger partial charge is 0.303 e. The van der Waals surface area contributed by atoms with Gasteiger partial charge in [0, 0.05) is 23.9 Å². The second-order valence-corrected chi connectivity index (χ2v) is 7.00. The van der Waals surface area contributed by atoms with Gasteiger partial charge in [0.15, 0.2) is 0 Å². The van der Waals surface area contributed by atoms with Gasteiger partial charge in [0.2, 0.25) is 11.7 Å². The summed E-state index contributed by atoms with van der Waals surface area (Å²) in [5, 5.41) is 15.6. The molecule has 158 valence electrons. The molecule has 0 bridgehead atoms. The Hall–Kier alpha value is -4.05. The van der Waals surface area contributed by atoms with Crippen LogP contribution < -0.4 is 11.1 Å². The number of hydrogen-bond donors (Lipinski definition) is 3. The van der Waals surface area contributed by atoms with E-state index in [0.717, 1.165) is 11.1 Å². The number of carboxylic acid groups (broad SMARTS) is 1. The predicted molar refractivity (Wildman–Crippen MR) is 111 cm³/mol. The van der Waals surface area contributed by atoms with Crippen LogP contribution in [0.15, 0.2) is 47.2 Å². The van der Waals surface area contributed by atoms with E-state index in [2.05, 4.69) is 20.4 Å². The number of carbonyl (C=O) groups is 2. The molecule has 0 spiro atoms. The molecular weight excluding hydrogens is 400 g/mol. The highest BCUT2D eigenvalue weighted by Gasteiger charge is 2.15. The lowest BCUT2D eigenvalue weighted by atomic mass is 10.1. The summed E-state index contributed by atoms with van der Waals surface area (Å²) >= 11 is 0. The summed E-state index contributed by atoms with van der Waals surface area (Å²) in [5.74, 6) is -0.475. The van der Waals surface area contributed by atoms with Gasteiger partial charge < -0.3 is 20.7 Å². The van der Waals surface area contributed by atoms with Gasteiger partial charge in [0.1, 0.15) is 11.3 Å². The topological polar surface area (TPSA) is 149 Å². The summed E-state index contributed by atoms with van der Waals surface area (Å²) in [4.78, 5) is 32.2. The average Bonchev–Trinajstić information content (AvgIpc) is 3.40. The maximum Gasteiger partial charge on any atom is 0.303 e. The van der Waals surface area contributed by atoms with Crippen LogP contribution in [0.3, 0.4) is 0 Å². The van der Waals surface area contributed by atoms with Crippen LogP contribution in [0.4, 0.5) is 5.69 Å². The molecule has 1 aromatic carbocycles. The number of hydrogen-bond acceptors (Lipinski definition) is 7. The van der Waals surface area contributed by atoms with Gasteiger partial charge in [-0.05, 0) is 42.7 Å². The van der Waals surface area contributed by atoms with Gasteiger partial charge in [-0.2, -0.15) is 4.98 Å². The van der Waals surface area contributed by atoms with Gasteiger partial charge in [0.25, 0.3) is 5.91 Å². The number of carboxylic acids is 1. The Labute approximate surface area is 176 Å². The Morgan fingerprint density at radius 3 is 2.84 bits per heavy atom. The lowest BCUT2D eigenvalue weighted by molar-refractivity contribution is -0.136. The summed E-state index contributed by atoms with van der Waals surface area (Å²) in [7, 11) is 0. The van der Waals surface area contributed by atoms with Crippen molar-refractivity contribution in [1.82, 2.24) is 19.5 Å². The van der Waals surface area contributed by atoms with E-state index in [1.807, 2.05) is 19.1 Å². The monoisotopic (exact) mass is 420 g/mol. The van der Waals surface area contributed by atoms with Crippen molar-refractivity contribution in [2.75, 3.05) is 5.32 Å². The maximum atomic E-state index is 12.9. The normalized spacial score (nSPS) is 11.0. The van der Waals surface area contributed by atoms with E-state index >= 15 is 0 Å². The van der Waals surface area contributed by atoms with Crippen molar-refractivity contribution in [3.8, 4) is 11.4 Å². The number of amides is 1. The molecule has 0 fully saturated rings. The van der Waals surface area contributed by atoms with Crippen molar-refractivity contribution in [3.05, 3.63) is 65.4 Å². The van der Waals surface area contributed by atoms with E-state index in [1.165, 1.54) is 6.20 Å². The van der Waals surface area contributed by atoms with Crippen molar-refractivity contribution in [3.63, 3.8) is 0 Å². The molecule has 4 N–H and O–H groups in total. The Morgan fingerprint density at radius 1 is 1.26 bits per heavy atom. The minimum Gasteiger partial charge on any atom is -0.481 e. The summed E-state index contributed by atoms with van der Waals surface area (Å²) in [6.45, 7) is 2.03. The zero-order valence-electron chi connectivity index (χ0n) is 16.7. The fourth-order valence-corrected chi connectivity index (χ4v) is 3.13. The van der Waals surface area contributed by atoms with Crippen LogP contribution in [0.5, 0.6) is 0 Å². The molecular formula is C21H20N6O4. The number of nitrogens with two attached hydrogens (primary N) is 1. The van der Waals surface area contributed by atoms with E-state index < -0.39 is 5.97 Å². The van der Waals surface area contributed by atoms with Gasteiger partial charge in [-0.1, -0.05) is 17.3 Å². The molecule has 0 unspecified atom stereocenters. The highest BCUT2D eigenvalue weighted by molar-refractivity contribution is 6.04. The molecule has 0 atom stereocenters. The second-order valence-electron chi connectivity index (χ2n) is 7.00. The first-order valence-corrected chi connectivity index (χ1v) is 9.57. The highest BCUT2D eigenvalue weighted by atomic mass is 16.5. The Morgan fingerprint density at radius 2 is 2.10 bits per heavy atom. The molecule has 31 heavy (non-hydrogen) atoms. The number of aliphatic carboxylic acids is 1. The van der Waals surface area contributed by atoms with Gasteiger partial charge in [-0.25, -0.2) is 4.98 Å². The standard InChI is InChI=1S/C21H20N6O4/c1-12-2-4-14(20-25-18(10-22)31-26-20)9-15(12)24-21(30)16-11-23-17-8-13(3-5-19(28)29)6-7-27(16)17/h2,4,6-9,11H,3,5,10,22H2,1H3,(H,24,30)(H,28,29). The second kappa shape index (κ2) is 8.36. The fourth-order valence-electron chi connectivity index (χ4n) is 3.13. The molecule has 0 saturated carbocycles. The molecule has 0 aliphatic heterocycles. The van der Waals surface area contributed by atoms with Crippen LogP contribution in [0, 0.1) is 6.92 Å². The molecule has 0 radical (unpaired) electrons. The molecule has 0 saturated heterocycles. The van der Waals surface area contributed by atoms with E-state index in [1.54, 1.807) is 28.8 Å². The maximum absolute atomic E-state index is 12.9. The summed E-state index contributed by atoms with van der Waals surface area (Å²) < 4.78 is 6.71. The molecule has 3 heterocycles. The van der Waals surface area contributed by atoms with Gasteiger partial charge in [-0.3, -0.25) is 14.0 Å². The molecule has 0 aliphatic carbocycles. The third-order valence-corrected chi connectivity index (χ3v) is 4.82. The summed E-state index contributed by atoms with van der Waals surface area (Å²) in [5.41, 5.74) is 9.44. The molecule has 1 amide bonds. The number of imidazole rings is 1. The highest BCUT2D eigenvalue weighted by Crippen LogP contribution is 2.24. The van der Waals surface area contributed by atoms with E-state index in [4.69, 9.17) is 15.4 Å². The number of pyridine rings is 1. The Kier molecular flexibility index (Phi) is 5.46. The predicted octanol–water partition coefficient (Wildman–Crippen LogP) is 2.42. The fraction of sp³-hybridized carbons (Fsp3) is 0.190. The quantitative estimate of drug-likeness (QED) is 0.413. The summed E-state index contributed by atoms with van der Waals surface area (Å²) in [6, 6.07) is 9.02. The molecule has 0 aliphatic rings. The lowest BCUT2D eigenvalue weighted by Gasteiger charge is -2.10. The van der Waals surface area contributed by atoms with Gasteiger partial charge >= 0.3 is 5.97 Å². The van der Waals surface area contributed by atoms with Crippen LogP contribution in [-0.4, -0.2) is 36.5 Å².